The number of nitrogens with two attached hydrogens (primary N) is 1. The van der Waals surface area contributed by atoms with E-state index < -0.39 is 35.4 Å². The molecule has 0 fully saturated rings. The number of carbonyl (C=O) groups excluding carboxylic acids is 3. The van der Waals surface area contributed by atoms with E-state index >= 15 is 0 Å². The molecule has 0 bridgehead atoms. The lowest BCUT2D eigenvalue weighted by Gasteiger charge is -2.30. The zero-order valence-corrected chi connectivity index (χ0v) is 18.5. The van der Waals surface area contributed by atoms with Gasteiger partial charge in [0.1, 0.15) is 6.04 Å². The van der Waals surface area contributed by atoms with Gasteiger partial charge in [0.2, 0.25) is 11.4 Å². The third-order valence-corrected chi connectivity index (χ3v) is 5.34. The lowest BCUT2D eigenvalue weighted by molar-refractivity contribution is -0.168. The summed E-state index contributed by atoms with van der Waals surface area (Å²) in [5.41, 5.74) is 3.61. The number of hydrogen-bond donors (Lipinski definition) is 3. The van der Waals surface area contributed by atoms with E-state index in [0.29, 0.717) is 18.6 Å². The third kappa shape index (κ3) is 9.98. The maximum Gasteiger partial charge on any atom is 0.343 e. The molecule has 0 aromatic heterocycles. The second-order valence-corrected chi connectivity index (χ2v) is 8.03. The van der Waals surface area contributed by atoms with Crippen LogP contribution in [0.4, 0.5) is 0 Å². The zero-order chi connectivity index (χ0) is 22.4. The first-order chi connectivity index (χ1) is 13.6. The summed E-state index contributed by atoms with van der Waals surface area (Å²) in [5, 5.41) is 11.2. The fraction of sp³-hybridized carbons (Fsp3) is 0.789. The Balaban J connectivity index is 4.85. The summed E-state index contributed by atoms with van der Waals surface area (Å²) in [6, 6.07) is -0.854. The Morgan fingerprint density at radius 2 is 1.55 bits per heavy atom. The first kappa shape index (κ1) is 27.2. The summed E-state index contributed by atoms with van der Waals surface area (Å²) < 4.78 is 10.1. The molecule has 2 atom stereocenters. The van der Waals surface area contributed by atoms with Crippen molar-refractivity contribution in [2.45, 2.75) is 65.0 Å². The van der Waals surface area contributed by atoms with Crippen molar-refractivity contribution in [3.8, 4) is 0 Å². The van der Waals surface area contributed by atoms with E-state index in [1.807, 2.05) is 6.92 Å². The Labute approximate surface area is 176 Å². The van der Waals surface area contributed by atoms with Crippen LogP contribution < -0.4 is 11.1 Å². The predicted molar refractivity (Wildman–Crippen MR) is 110 cm³/mol. The van der Waals surface area contributed by atoms with Crippen LogP contribution in [0.3, 0.4) is 0 Å². The van der Waals surface area contributed by atoms with Crippen molar-refractivity contribution in [1.29, 1.82) is 0 Å². The van der Waals surface area contributed by atoms with Crippen molar-refractivity contribution in [3.63, 3.8) is 0 Å². The van der Waals surface area contributed by atoms with Crippen LogP contribution in [0.2, 0.25) is 0 Å². The van der Waals surface area contributed by atoms with Gasteiger partial charge in [0.05, 0.1) is 13.2 Å². The van der Waals surface area contributed by atoms with Gasteiger partial charge in [-0.2, -0.15) is 11.8 Å². The lowest BCUT2D eigenvalue weighted by Crippen LogP contribution is -2.61. The molecule has 9 nitrogen and oxygen atoms in total. The minimum absolute atomic E-state index is 0.0694. The summed E-state index contributed by atoms with van der Waals surface area (Å²) in [6.07, 6.45) is 1.76. The van der Waals surface area contributed by atoms with E-state index in [1.54, 1.807) is 25.6 Å². The molecule has 0 spiro atoms. The molecule has 0 saturated carbocycles. The standard InChI is InChI=1S/C19H34N2O7S/c1-5-27-17(25)19(21-14(4)22,18(26)28-6-2)10-7-13(3)8-11-29-12-9-15(20)16(23)24/h13,15H,5-12,20H2,1-4H3,(H,21,22)(H,23,24)/t13?,15-/m0/s1. The molecule has 0 aromatic carbocycles. The molecular formula is C19H34N2O7S. The third-order valence-electron chi connectivity index (χ3n) is 4.29. The number of esters is 2. The Morgan fingerprint density at radius 3 is 2.00 bits per heavy atom. The van der Waals surface area contributed by atoms with Crippen LogP contribution in [0, 0.1) is 5.92 Å². The Kier molecular flexibility index (Phi) is 13.3. The molecule has 168 valence electrons. The average Bonchev–Trinajstić information content (AvgIpc) is 2.64. The van der Waals surface area contributed by atoms with Gasteiger partial charge in [-0.25, -0.2) is 9.59 Å². The molecule has 0 aliphatic rings. The molecular weight excluding hydrogens is 400 g/mol. The molecule has 0 saturated heterocycles. The number of nitrogens with one attached hydrogen (secondary N) is 1. The van der Waals surface area contributed by atoms with Crippen molar-refractivity contribution in [2.75, 3.05) is 24.7 Å². The van der Waals surface area contributed by atoms with Crippen LogP contribution in [0.5, 0.6) is 0 Å². The number of carbonyl (C=O) groups is 4. The summed E-state index contributed by atoms with van der Waals surface area (Å²) in [4.78, 5) is 47.5. The van der Waals surface area contributed by atoms with E-state index in [-0.39, 0.29) is 25.6 Å². The summed E-state index contributed by atoms with van der Waals surface area (Å²) >= 11 is 1.60. The smallest absolute Gasteiger partial charge is 0.343 e. The number of hydrogen-bond acceptors (Lipinski definition) is 8. The highest BCUT2D eigenvalue weighted by molar-refractivity contribution is 7.99. The molecule has 0 rings (SSSR count). The van der Waals surface area contributed by atoms with E-state index in [1.165, 1.54) is 6.92 Å². The second kappa shape index (κ2) is 14.2. The number of thioether (sulfide) groups is 1. The Hall–Kier alpha value is -1.81. The second-order valence-electron chi connectivity index (χ2n) is 6.81. The lowest BCUT2D eigenvalue weighted by atomic mass is 9.88. The van der Waals surface area contributed by atoms with Crippen molar-refractivity contribution in [2.24, 2.45) is 11.7 Å². The highest BCUT2D eigenvalue weighted by Crippen LogP contribution is 2.24. The molecule has 4 N–H and O–H groups in total. The summed E-state index contributed by atoms with van der Waals surface area (Å²) in [7, 11) is 0. The molecule has 1 unspecified atom stereocenters. The Morgan fingerprint density at radius 1 is 1.03 bits per heavy atom. The number of carboxylic acids is 1. The van der Waals surface area contributed by atoms with Gasteiger partial charge < -0.3 is 25.6 Å². The maximum atomic E-state index is 12.5. The van der Waals surface area contributed by atoms with Gasteiger partial charge in [0.25, 0.3) is 0 Å². The molecule has 0 radical (unpaired) electrons. The van der Waals surface area contributed by atoms with E-state index in [4.69, 9.17) is 20.3 Å². The highest BCUT2D eigenvalue weighted by atomic mass is 32.2. The highest BCUT2D eigenvalue weighted by Gasteiger charge is 2.49. The SMILES string of the molecule is CCOC(=O)C(CCC(C)CCSCC[C@H](N)C(=O)O)(NC(C)=O)C(=O)OCC. The van der Waals surface area contributed by atoms with Crippen molar-refractivity contribution in [3.05, 3.63) is 0 Å². The number of amides is 1. The van der Waals surface area contributed by atoms with E-state index in [9.17, 15) is 19.2 Å². The van der Waals surface area contributed by atoms with Gasteiger partial charge in [-0.15, -0.1) is 0 Å². The van der Waals surface area contributed by atoms with Crippen LogP contribution in [-0.2, 0) is 28.7 Å². The molecule has 0 aliphatic heterocycles. The van der Waals surface area contributed by atoms with Crippen LogP contribution in [0.25, 0.3) is 0 Å². The quantitative estimate of drug-likeness (QED) is 0.197. The topological polar surface area (TPSA) is 145 Å². The number of carboxylic acid groups (broad SMARTS) is 1. The van der Waals surface area contributed by atoms with E-state index in [0.717, 1.165) is 12.2 Å². The monoisotopic (exact) mass is 434 g/mol. The Bertz CT molecular complexity index is 539. The summed E-state index contributed by atoms with van der Waals surface area (Å²) in [5.74, 6) is -1.58. The molecule has 1 amide bonds. The molecule has 0 aliphatic carbocycles. The molecule has 29 heavy (non-hydrogen) atoms. The number of rotatable bonds is 15. The number of aliphatic carboxylic acids is 1. The van der Waals surface area contributed by atoms with Crippen LogP contribution in [-0.4, -0.2) is 65.2 Å². The van der Waals surface area contributed by atoms with Gasteiger partial charge in [0, 0.05) is 6.92 Å². The normalized spacial score (nSPS) is 13.3. The van der Waals surface area contributed by atoms with Gasteiger partial charge >= 0.3 is 17.9 Å². The predicted octanol–water partition coefficient (Wildman–Crippen LogP) is 1.33. The minimum atomic E-state index is -1.85. The fourth-order valence-corrected chi connectivity index (χ4v) is 3.78. The average molecular weight is 435 g/mol. The maximum absolute atomic E-state index is 12.5. The van der Waals surface area contributed by atoms with Crippen LogP contribution >= 0.6 is 11.8 Å². The first-order valence-corrected chi connectivity index (χ1v) is 10.9. The fourth-order valence-electron chi connectivity index (χ4n) is 2.59. The number of ether oxygens (including phenoxy) is 2. The molecule has 0 aromatic rings. The van der Waals surface area contributed by atoms with Gasteiger partial charge in [-0.05, 0) is 57.0 Å². The largest absolute Gasteiger partial charge is 0.480 e. The minimum Gasteiger partial charge on any atom is -0.480 e. The van der Waals surface area contributed by atoms with Gasteiger partial charge in [-0.1, -0.05) is 6.92 Å². The summed E-state index contributed by atoms with van der Waals surface area (Å²) in [6.45, 7) is 6.61. The van der Waals surface area contributed by atoms with Crippen molar-refractivity contribution >= 4 is 35.6 Å². The van der Waals surface area contributed by atoms with Crippen LogP contribution in [0.1, 0.15) is 53.4 Å². The van der Waals surface area contributed by atoms with Crippen LogP contribution in [0.15, 0.2) is 0 Å². The molecule has 10 heteroatoms. The van der Waals surface area contributed by atoms with E-state index in [2.05, 4.69) is 5.32 Å². The van der Waals surface area contributed by atoms with Crippen molar-refractivity contribution in [1.82, 2.24) is 5.32 Å². The zero-order valence-electron chi connectivity index (χ0n) is 17.7. The van der Waals surface area contributed by atoms with Gasteiger partial charge in [-0.3, -0.25) is 9.59 Å². The molecule has 0 heterocycles. The first-order valence-electron chi connectivity index (χ1n) is 9.79. The van der Waals surface area contributed by atoms with Crippen molar-refractivity contribution < 1.29 is 33.8 Å². The van der Waals surface area contributed by atoms with Gasteiger partial charge in [0.15, 0.2) is 0 Å².